The molecular formula is C12H16O3. The third kappa shape index (κ3) is 3.36. The molecule has 0 fully saturated rings. The molecule has 1 N–H and O–H groups in total. The van der Waals surface area contributed by atoms with E-state index < -0.39 is 0 Å². The molecule has 1 rings (SSSR count). The van der Waals surface area contributed by atoms with Gasteiger partial charge in [0.05, 0.1) is 12.2 Å². The minimum absolute atomic E-state index is 0.0419. The molecule has 1 aromatic rings. The molecule has 0 heterocycles. The molecule has 0 spiro atoms. The van der Waals surface area contributed by atoms with Gasteiger partial charge in [0.25, 0.3) is 0 Å². The first-order chi connectivity index (χ1) is 7.15. The fourth-order valence-corrected chi connectivity index (χ4v) is 1.18. The summed E-state index contributed by atoms with van der Waals surface area (Å²) in [5.41, 5.74) is 2.80. The zero-order valence-electron chi connectivity index (χ0n) is 9.12. The standard InChI is InChI=1S/C12H16O3/c1-9-4-5-11(8-10(9)2)12(14)15-7-3-6-13/h4-5,8,13H,3,6-7H2,1-2H3. The number of esters is 1. The summed E-state index contributed by atoms with van der Waals surface area (Å²) in [4.78, 5) is 11.5. The molecule has 1 aromatic carbocycles. The first-order valence-electron chi connectivity index (χ1n) is 5.00. The summed E-state index contributed by atoms with van der Waals surface area (Å²) < 4.78 is 4.96. The molecular weight excluding hydrogens is 192 g/mol. The van der Waals surface area contributed by atoms with Gasteiger partial charge in [0, 0.05) is 13.0 Å². The van der Waals surface area contributed by atoms with Crippen LogP contribution in [-0.4, -0.2) is 24.3 Å². The molecule has 0 atom stereocenters. The second-order valence-electron chi connectivity index (χ2n) is 3.51. The van der Waals surface area contributed by atoms with Crippen LogP contribution in [-0.2, 0) is 4.74 Å². The van der Waals surface area contributed by atoms with Crippen molar-refractivity contribution in [1.82, 2.24) is 0 Å². The maximum atomic E-state index is 11.5. The Morgan fingerprint density at radius 2 is 2.07 bits per heavy atom. The number of aryl methyl sites for hydroxylation is 2. The van der Waals surface area contributed by atoms with Gasteiger partial charge in [0.1, 0.15) is 0 Å². The van der Waals surface area contributed by atoms with Crippen LogP contribution in [0.15, 0.2) is 18.2 Å². The van der Waals surface area contributed by atoms with E-state index in [1.165, 1.54) is 0 Å². The van der Waals surface area contributed by atoms with Crippen LogP contribution in [0.2, 0.25) is 0 Å². The fourth-order valence-electron chi connectivity index (χ4n) is 1.18. The number of hydrogen-bond acceptors (Lipinski definition) is 3. The molecule has 0 aliphatic rings. The first-order valence-corrected chi connectivity index (χ1v) is 5.00. The molecule has 0 saturated heterocycles. The minimum Gasteiger partial charge on any atom is -0.462 e. The van der Waals surface area contributed by atoms with Crippen molar-refractivity contribution in [3.63, 3.8) is 0 Å². The van der Waals surface area contributed by atoms with Gasteiger partial charge in [-0.1, -0.05) is 6.07 Å². The molecule has 0 aliphatic carbocycles. The zero-order chi connectivity index (χ0) is 11.3. The third-order valence-electron chi connectivity index (χ3n) is 2.28. The number of benzene rings is 1. The van der Waals surface area contributed by atoms with Gasteiger partial charge in [0.15, 0.2) is 0 Å². The van der Waals surface area contributed by atoms with Gasteiger partial charge in [-0.25, -0.2) is 4.79 Å². The lowest BCUT2D eigenvalue weighted by Gasteiger charge is -2.05. The van der Waals surface area contributed by atoms with Gasteiger partial charge in [-0.3, -0.25) is 0 Å². The lowest BCUT2D eigenvalue weighted by molar-refractivity contribution is 0.0482. The van der Waals surface area contributed by atoms with E-state index in [0.717, 1.165) is 11.1 Å². The highest BCUT2D eigenvalue weighted by Gasteiger charge is 2.07. The Morgan fingerprint density at radius 3 is 2.67 bits per heavy atom. The van der Waals surface area contributed by atoms with E-state index in [2.05, 4.69) is 0 Å². The second-order valence-corrected chi connectivity index (χ2v) is 3.51. The number of carbonyl (C=O) groups excluding carboxylic acids is 1. The topological polar surface area (TPSA) is 46.5 Å². The van der Waals surface area contributed by atoms with E-state index in [9.17, 15) is 4.79 Å². The van der Waals surface area contributed by atoms with Gasteiger partial charge >= 0.3 is 5.97 Å². The summed E-state index contributed by atoms with van der Waals surface area (Å²) in [6.07, 6.45) is 0.483. The summed E-state index contributed by atoms with van der Waals surface area (Å²) in [6.45, 7) is 4.26. The average molecular weight is 208 g/mol. The normalized spacial score (nSPS) is 10.1. The van der Waals surface area contributed by atoms with Gasteiger partial charge < -0.3 is 9.84 Å². The Labute approximate surface area is 89.7 Å². The monoisotopic (exact) mass is 208 g/mol. The van der Waals surface area contributed by atoms with Crippen LogP contribution in [0.5, 0.6) is 0 Å². The Hall–Kier alpha value is -1.35. The van der Waals surface area contributed by atoms with Crippen LogP contribution < -0.4 is 0 Å². The van der Waals surface area contributed by atoms with Crippen molar-refractivity contribution < 1.29 is 14.6 Å². The van der Waals surface area contributed by atoms with E-state index in [0.29, 0.717) is 12.0 Å². The fraction of sp³-hybridized carbons (Fsp3) is 0.417. The quantitative estimate of drug-likeness (QED) is 0.606. The van der Waals surface area contributed by atoms with Crippen molar-refractivity contribution in [2.75, 3.05) is 13.2 Å². The number of ether oxygens (including phenoxy) is 1. The molecule has 0 saturated carbocycles. The maximum absolute atomic E-state index is 11.5. The Balaban J connectivity index is 2.62. The number of hydrogen-bond donors (Lipinski definition) is 1. The zero-order valence-corrected chi connectivity index (χ0v) is 9.12. The van der Waals surface area contributed by atoms with Gasteiger partial charge in [-0.15, -0.1) is 0 Å². The van der Waals surface area contributed by atoms with Crippen molar-refractivity contribution in [1.29, 1.82) is 0 Å². The van der Waals surface area contributed by atoms with Crippen LogP contribution >= 0.6 is 0 Å². The Kier molecular flexibility index (Phi) is 4.31. The van der Waals surface area contributed by atoms with E-state index >= 15 is 0 Å². The molecule has 0 radical (unpaired) electrons. The summed E-state index contributed by atoms with van der Waals surface area (Å²) in [5.74, 6) is -0.327. The van der Waals surface area contributed by atoms with E-state index in [-0.39, 0.29) is 19.2 Å². The second kappa shape index (κ2) is 5.51. The summed E-state index contributed by atoms with van der Waals surface area (Å²) in [7, 11) is 0. The molecule has 15 heavy (non-hydrogen) atoms. The lowest BCUT2D eigenvalue weighted by Crippen LogP contribution is -2.07. The molecule has 0 unspecified atom stereocenters. The number of aliphatic hydroxyl groups is 1. The number of aliphatic hydroxyl groups excluding tert-OH is 1. The largest absolute Gasteiger partial charge is 0.462 e. The van der Waals surface area contributed by atoms with Crippen molar-refractivity contribution in [2.24, 2.45) is 0 Å². The van der Waals surface area contributed by atoms with Gasteiger partial charge in [0.2, 0.25) is 0 Å². The predicted molar refractivity (Wildman–Crippen MR) is 57.9 cm³/mol. The summed E-state index contributed by atoms with van der Waals surface area (Å²) >= 11 is 0. The minimum atomic E-state index is -0.327. The molecule has 82 valence electrons. The van der Waals surface area contributed by atoms with Gasteiger partial charge in [-0.2, -0.15) is 0 Å². The molecule has 3 heteroatoms. The van der Waals surface area contributed by atoms with E-state index in [4.69, 9.17) is 9.84 Å². The summed E-state index contributed by atoms with van der Waals surface area (Å²) in [6, 6.07) is 5.47. The van der Waals surface area contributed by atoms with Gasteiger partial charge in [-0.05, 0) is 37.1 Å². The van der Waals surface area contributed by atoms with Crippen molar-refractivity contribution >= 4 is 5.97 Å². The highest BCUT2D eigenvalue weighted by atomic mass is 16.5. The number of carbonyl (C=O) groups is 1. The van der Waals surface area contributed by atoms with Crippen LogP contribution in [0.25, 0.3) is 0 Å². The predicted octanol–water partition coefficient (Wildman–Crippen LogP) is 1.84. The smallest absolute Gasteiger partial charge is 0.338 e. The Morgan fingerprint density at radius 1 is 1.33 bits per heavy atom. The molecule has 3 nitrogen and oxygen atoms in total. The number of rotatable bonds is 4. The SMILES string of the molecule is Cc1ccc(C(=O)OCCCO)cc1C. The van der Waals surface area contributed by atoms with Crippen molar-refractivity contribution in [3.05, 3.63) is 34.9 Å². The highest BCUT2D eigenvalue weighted by molar-refractivity contribution is 5.89. The van der Waals surface area contributed by atoms with Crippen LogP contribution in [0.1, 0.15) is 27.9 Å². The van der Waals surface area contributed by atoms with Crippen LogP contribution in [0.4, 0.5) is 0 Å². The van der Waals surface area contributed by atoms with Crippen molar-refractivity contribution in [2.45, 2.75) is 20.3 Å². The summed E-state index contributed by atoms with van der Waals surface area (Å²) in [5, 5.41) is 8.54. The van der Waals surface area contributed by atoms with Crippen molar-refractivity contribution in [3.8, 4) is 0 Å². The first kappa shape index (κ1) is 11.7. The molecule has 0 amide bonds. The average Bonchev–Trinajstić information content (AvgIpc) is 2.22. The maximum Gasteiger partial charge on any atom is 0.338 e. The van der Waals surface area contributed by atoms with Crippen LogP contribution in [0, 0.1) is 13.8 Å². The lowest BCUT2D eigenvalue weighted by atomic mass is 10.1. The molecule has 0 bridgehead atoms. The Bertz CT molecular complexity index is 345. The van der Waals surface area contributed by atoms with E-state index in [1.54, 1.807) is 6.07 Å². The molecule has 0 aromatic heterocycles. The highest BCUT2D eigenvalue weighted by Crippen LogP contribution is 2.10. The van der Waals surface area contributed by atoms with Crippen LogP contribution in [0.3, 0.4) is 0 Å². The third-order valence-corrected chi connectivity index (χ3v) is 2.28. The molecule has 0 aliphatic heterocycles. The van der Waals surface area contributed by atoms with E-state index in [1.807, 2.05) is 26.0 Å².